The molecule has 0 unspecified atom stereocenters. The summed E-state index contributed by atoms with van der Waals surface area (Å²) in [6, 6.07) is 5.71. The fraction of sp³-hybridized carbons (Fsp3) is 0.400. The van der Waals surface area contributed by atoms with Gasteiger partial charge in [0, 0.05) is 47.5 Å². The first-order valence-electron chi connectivity index (χ1n) is 11.7. The number of nitrogens with zero attached hydrogens (tertiary/aromatic N) is 6. The SMILES string of the molecule is CCOc1ccc(-n2c(C)c3c(C)nnc(N4CCn5cc(C(F)(F)F)nc5C4)c3c2C)c(OC)c1. The fourth-order valence-electron chi connectivity index (χ4n) is 5.03. The van der Waals surface area contributed by atoms with Gasteiger partial charge in [0.2, 0.25) is 0 Å². The number of benzene rings is 1. The number of methoxy groups -OCH3 is 1. The minimum Gasteiger partial charge on any atom is -0.494 e. The van der Waals surface area contributed by atoms with Gasteiger partial charge in [-0.2, -0.15) is 18.3 Å². The standard InChI is InChI=1S/C25H27F3N6O2/c1-6-36-17-7-8-18(19(11-17)35-5)34-15(3)22-14(2)30-31-24(23(22)16(34)4)33-10-9-32-12-20(25(26,27)28)29-21(32)13-33/h7-8,11-12H,6,9-10,13H2,1-5H3. The van der Waals surface area contributed by atoms with Crippen molar-refractivity contribution in [1.82, 2.24) is 24.3 Å². The van der Waals surface area contributed by atoms with Crippen LogP contribution in [0.25, 0.3) is 16.5 Å². The molecule has 0 fully saturated rings. The molecule has 1 aliphatic heterocycles. The van der Waals surface area contributed by atoms with E-state index in [0.717, 1.165) is 39.7 Å². The normalized spacial score (nSPS) is 13.8. The zero-order chi connectivity index (χ0) is 25.8. The molecule has 190 valence electrons. The minimum absolute atomic E-state index is 0.207. The van der Waals surface area contributed by atoms with Crippen molar-refractivity contribution in [2.45, 2.75) is 47.0 Å². The van der Waals surface area contributed by atoms with Gasteiger partial charge in [-0.15, -0.1) is 5.10 Å². The summed E-state index contributed by atoms with van der Waals surface area (Å²) >= 11 is 0. The Bertz CT molecular complexity index is 1460. The van der Waals surface area contributed by atoms with Crippen molar-refractivity contribution in [3.8, 4) is 17.2 Å². The third-order valence-corrected chi connectivity index (χ3v) is 6.62. The Labute approximate surface area is 206 Å². The molecule has 11 heteroatoms. The molecule has 1 aromatic carbocycles. The Hall–Kier alpha value is -3.76. The van der Waals surface area contributed by atoms with Gasteiger partial charge >= 0.3 is 6.18 Å². The molecule has 0 bridgehead atoms. The molecule has 5 rings (SSSR count). The summed E-state index contributed by atoms with van der Waals surface area (Å²) in [4.78, 5) is 5.80. The van der Waals surface area contributed by atoms with Crippen LogP contribution in [0.1, 0.15) is 35.5 Å². The van der Waals surface area contributed by atoms with E-state index in [4.69, 9.17) is 9.47 Å². The van der Waals surface area contributed by atoms with Crippen LogP contribution >= 0.6 is 0 Å². The summed E-state index contributed by atoms with van der Waals surface area (Å²) in [5.74, 6) is 2.35. The van der Waals surface area contributed by atoms with Gasteiger partial charge in [-0.25, -0.2) is 4.98 Å². The lowest BCUT2D eigenvalue weighted by Gasteiger charge is -2.29. The molecule has 0 spiro atoms. The summed E-state index contributed by atoms with van der Waals surface area (Å²) in [6.45, 7) is 9.47. The van der Waals surface area contributed by atoms with E-state index in [1.54, 1.807) is 11.7 Å². The van der Waals surface area contributed by atoms with Crippen molar-refractivity contribution < 1.29 is 22.6 Å². The Morgan fingerprint density at radius 3 is 2.47 bits per heavy atom. The molecule has 3 aromatic heterocycles. The summed E-state index contributed by atoms with van der Waals surface area (Å²) < 4.78 is 54.6. The van der Waals surface area contributed by atoms with Crippen LogP contribution in [-0.4, -0.2) is 44.6 Å². The van der Waals surface area contributed by atoms with Crippen molar-refractivity contribution in [2.24, 2.45) is 0 Å². The first-order chi connectivity index (χ1) is 17.1. The Balaban J connectivity index is 1.63. The van der Waals surface area contributed by atoms with E-state index in [1.165, 1.54) is 0 Å². The molecule has 0 radical (unpaired) electrons. The summed E-state index contributed by atoms with van der Waals surface area (Å²) in [5, 5.41) is 10.8. The largest absolute Gasteiger partial charge is 0.494 e. The van der Waals surface area contributed by atoms with Gasteiger partial charge in [-0.05, 0) is 39.8 Å². The average molecular weight is 501 g/mol. The lowest BCUT2D eigenvalue weighted by Crippen LogP contribution is -2.34. The third-order valence-electron chi connectivity index (χ3n) is 6.62. The maximum Gasteiger partial charge on any atom is 0.434 e. The monoisotopic (exact) mass is 500 g/mol. The van der Waals surface area contributed by atoms with Gasteiger partial charge < -0.3 is 23.5 Å². The van der Waals surface area contributed by atoms with Gasteiger partial charge in [-0.3, -0.25) is 0 Å². The number of hydrogen-bond donors (Lipinski definition) is 0. The number of alkyl halides is 3. The number of anilines is 1. The number of aryl methyl sites for hydroxylation is 3. The molecule has 4 heterocycles. The molecule has 0 saturated heterocycles. The summed E-state index contributed by atoms with van der Waals surface area (Å²) in [6.07, 6.45) is -3.40. The first kappa shape index (κ1) is 24.0. The lowest BCUT2D eigenvalue weighted by atomic mass is 10.1. The quantitative estimate of drug-likeness (QED) is 0.385. The maximum absolute atomic E-state index is 13.2. The van der Waals surface area contributed by atoms with E-state index in [9.17, 15) is 13.2 Å². The van der Waals surface area contributed by atoms with Crippen LogP contribution in [0.5, 0.6) is 11.5 Å². The van der Waals surface area contributed by atoms with Gasteiger partial charge in [-0.1, -0.05) is 0 Å². The van der Waals surface area contributed by atoms with E-state index in [0.29, 0.717) is 42.8 Å². The smallest absolute Gasteiger partial charge is 0.434 e. The highest BCUT2D eigenvalue weighted by atomic mass is 19.4. The van der Waals surface area contributed by atoms with Crippen LogP contribution in [0.2, 0.25) is 0 Å². The van der Waals surface area contributed by atoms with E-state index in [2.05, 4.69) is 19.7 Å². The van der Waals surface area contributed by atoms with Crippen molar-refractivity contribution in [2.75, 3.05) is 25.2 Å². The highest BCUT2D eigenvalue weighted by Gasteiger charge is 2.36. The van der Waals surface area contributed by atoms with E-state index in [1.807, 2.05) is 50.8 Å². The Morgan fingerprint density at radius 2 is 1.78 bits per heavy atom. The molecule has 1 aliphatic rings. The number of hydrogen-bond acceptors (Lipinski definition) is 6. The van der Waals surface area contributed by atoms with E-state index >= 15 is 0 Å². The number of rotatable bonds is 5. The molecule has 0 atom stereocenters. The second-order valence-corrected chi connectivity index (χ2v) is 8.79. The van der Waals surface area contributed by atoms with Crippen LogP contribution in [0.4, 0.5) is 19.0 Å². The Kier molecular flexibility index (Phi) is 5.80. The van der Waals surface area contributed by atoms with Crippen LogP contribution in [0, 0.1) is 20.8 Å². The predicted octanol–water partition coefficient (Wildman–Crippen LogP) is 4.99. The number of halogens is 3. The number of fused-ring (bicyclic) bond motifs is 2. The van der Waals surface area contributed by atoms with E-state index < -0.39 is 11.9 Å². The van der Waals surface area contributed by atoms with Crippen LogP contribution in [0.3, 0.4) is 0 Å². The molecule has 0 aliphatic carbocycles. The zero-order valence-corrected chi connectivity index (χ0v) is 20.8. The van der Waals surface area contributed by atoms with Crippen LogP contribution < -0.4 is 14.4 Å². The van der Waals surface area contributed by atoms with Crippen molar-refractivity contribution >= 4 is 16.6 Å². The second kappa shape index (κ2) is 8.72. The number of ether oxygens (including phenoxy) is 2. The second-order valence-electron chi connectivity index (χ2n) is 8.79. The average Bonchev–Trinajstić information content (AvgIpc) is 3.39. The maximum atomic E-state index is 13.2. The predicted molar refractivity (Wildman–Crippen MR) is 129 cm³/mol. The van der Waals surface area contributed by atoms with E-state index in [-0.39, 0.29) is 6.54 Å². The Morgan fingerprint density at radius 1 is 1.03 bits per heavy atom. The lowest BCUT2D eigenvalue weighted by molar-refractivity contribution is -0.141. The fourth-order valence-corrected chi connectivity index (χ4v) is 5.03. The van der Waals surface area contributed by atoms with Gasteiger partial charge in [0.25, 0.3) is 0 Å². The molecule has 4 aromatic rings. The van der Waals surface area contributed by atoms with Gasteiger partial charge in [0.1, 0.15) is 17.3 Å². The van der Waals surface area contributed by atoms with Gasteiger partial charge in [0.05, 0.1) is 31.6 Å². The topological polar surface area (TPSA) is 70.2 Å². The zero-order valence-electron chi connectivity index (χ0n) is 20.8. The van der Waals surface area contributed by atoms with Crippen LogP contribution in [0.15, 0.2) is 24.4 Å². The summed E-state index contributed by atoms with van der Waals surface area (Å²) in [5.41, 5.74) is 2.65. The first-order valence-corrected chi connectivity index (χ1v) is 11.7. The van der Waals surface area contributed by atoms with Crippen molar-refractivity contribution in [3.05, 3.63) is 53.0 Å². The molecule has 8 nitrogen and oxygen atoms in total. The van der Waals surface area contributed by atoms with Crippen molar-refractivity contribution in [1.29, 1.82) is 0 Å². The molecular weight excluding hydrogens is 473 g/mol. The molecular formula is C25H27F3N6O2. The summed E-state index contributed by atoms with van der Waals surface area (Å²) in [7, 11) is 1.62. The highest BCUT2D eigenvalue weighted by Crippen LogP contribution is 2.39. The van der Waals surface area contributed by atoms with Gasteiger partial charge in [0.15, 0.2) is 11.5 Å². The highest BCUT2D eigenvalue weighted by molar-refractivity contribution is 5.99. The molecule has 0 amide bonds. The number of aromatic nitrogens is 5. The van der Waals surface area contributed by atoms with Crippen LogP contribution in [-0.2, 0) is 19.3 Å². The number of imidazole rings is 1. The molecule has 0 saturated carbocycles. The minimum atomic E-state index is -4.48. The van der Waals surface area contributed by atoms with Crippen molar-refractivity contribution in [3.63, 3.8) is 0 Å². The molecule has 0 N–H and O–H groups in total. The third kappa shape index (κ3) is 3.82. The molecule has 36 heavy (non-hydrogen) atoms.